The van der Waals surface area contributed by atoms with Gasteiger partial charge in [-0.05, 0) is 37.3 Å². The number of aromatic nitrogens is 2. The zero-order valence-corrected chi connectivity index (χ0v) is 16.0. The molecule has 3 aromatic rings. The van der Waals surface area contributed by atoms with Crippen molar-refractivity contribution in [3.8, 4) is 11.4 Å². The van der Waals surface area contributed by atoms with E-state index in [0.29, 0.717) is 17.3 Å². The van der Waals surface area contributed by atoms with E-state index < -0.39 is 35.1 Å². The Balaban J connectivity index is 1.81. The molecule has 9 heteroatoms. The Hall–Kier alpha value is -3.62. The van der Waals surface area contributed by atoms with Gasteiger partial charge in [0, 0.05) is 23.6 Å². The number of halogens is 3. The molecule has 2 heterocycles. The molecule has 0 saturated carbocycles. The number of nitrogens with zero attached hydrogens (tertiary/aromatic N) is 2. The van der Waals surface area contributed by atoms with E-state index >= 15 is 0 Å². The van der Waals surface area contributed by atoms with Crippen LogP contribution in [0.15, 0.2) is 36.4 Å². The van der Waals surface area contributed by atoms with Gasteiger partial charge in [0.2, 0.25) is 5.91 Å². The van der Waals surface area contributed by atoms with Gasteiger partial charge in [-0.1, -0.05) is 0 Å². The minimum absolute atomic E-state index is 0.00980. The zero-order valence-electron chi connectivity index (χ0n) is 16.0. The molecule has 1 aliphatic heterocycles. The predicted molar refractivity (Wildman–Crippen MR) is 101 cm³/mol. The van der Waals surface area contributed by atoms with Gasteiger partial charge in [-0.2, -0.15) is 5.10 Å². The van der Waals surface area contributed by atoms with E-state index in [4.69, 9.17) is 4.74 Å². The summed E-state index contributed by atoms with van der Waals surface area (Å²) in [5, 5.41) is 6.86. The number of benzene rings is 2. The molecule has 30 heavy (non-hydrogen) atoms. The molecule has 1 amide bonds. The number of hydrogen-bond donors (Lipinski definition) is 1. The number of ketones is 1. The number of hydrogen-bond acceptors (Lipinski definition) is 4. The first-order valence-electron chi connectivity index (χ1n) is 9.02. The molecule has 0 fully saturated rings. The van der Waals surface area contributed by atoms with Crippen LogP contribution in [0, 0.1) is 24.4 Å². The fourth-order valence-corrected chi connectivity index (χ4v) is 3.62. The minimum atomic E-state index is -0.932. The van der Waals surface area contributed by atoms with Crippen LogP contribution in [0.2, 0.25) is 0 Å². The van der Waals surface area contributed by atoms with E-state index in [0.717, 1.165) is 16.8 Å². The smallest absolute Gasteiger partial charge is 0.226 e. The van der Waals surface area contributed by atoms with Gasteiger partial charge in [-0.3, -0.25) is 9.59 Å². The largest absolute Gasteiger partial charge is 0.494 e. The molecule has 1 N–H and O–H groups in total. The van der Waals surface area contributed by atoms with Crippen LogP contribution in [0.1, 0.15) is 34.0 Å². The normalized spacial score (nSPS) is 15.5. The van der Waals surface area contributed by atoms with Crippen LogP contribution in [0.4, 0.5) is 19.0 Å². The third kappa shape index (κ3) is 3.22. The SMILES string of the molecule is COc1ccc(C(=O)C2CC(=O)Nc3c2c(C)nn3-c2ccc(F)cc2F)cc1F. The summed E-state index contributed by atoms with van der Waals surface area (Å²) in [5.41, 5.74) is 0.782. The Morgan fingerprint density at radius 3 is 2.60 bits per heavy atom. The maximum Gasteiger partial charge on any atom is 0.226 e. The average molecular weight is 415 g/mol. The number of Topliss-reactive ketones (excluding diaryl/α,β-unsaturated/α-hetero) is 1. The molecule has 0 spiro atoms. The Morgan fingerprint density at radius 2 is 1.93 bits per heavy atom. The van der Waals surface area contributed by atoms with Crippen molar-refractivity contribution in [1.29, 1.82) is 0 Å². The average Bonchev–Trinajstić information content (AvgIpc) is 3.02. The molecule has 0 aliphatic carbocycles. The number of amides is 1. The lowest BCUT2D eigenvalue weighted by molar-refractivity contribution is -0.116. The molecule has 0 bridgehead atoms. The molecule has 1 aromatic heterocycles. The summed E-state index contributed by atoms with van der Waals surface area (Å²) in [5.74, 6) is -4.10. The number of carbonyl (C=O) groups is 2. The summed E-state index contributed by atoms with van der Waals surface area (Å²) < 4.78 is 47.7. The van der Waals surface area contributed by atoms with Crippen LogP contribution in [-0.4, -0.2) is 28.6 Å². The molecular weight excluding hydrogens is 399 g/mol. The fourth-order valence-electron chi connectivity index (χ4n) is 3.62. The van der Waals surface area contributed by atoms with Crippen LogP contribution < -0.4 is 10.1 Å². The predicted octanol–water partition coefficient (Wildman–Crippen LogP) is 3.92. The van der Waals surface area contributed by atoms with Crippen molar-refractivity contribution in [2.45, 2.75) is 19.3 Å². The zero-order chi connectivity index (χ0) is 21.6. The van der Waals surface area contributed by atoms with Crippen molar-refractivity contribution >= 4 is 17.5 Å². The topological polar surface area (TPSA) is 73.2 Å². The number of carbonyl (C=O) groups excluding carboxylic acids is 2. The van der Waals surface area contributed by atoms with Crippen molar-refractivity contribution in [2.24, 2.45) is 0 Å². The Kier molecular flexibility index (Phi) is 4.81. The van der Waals surface area contributed by atoms with Crippen LogP contribution in [0.25, 0.3) is 5.69 Å². The lowest BCUT2D eigenvalue weighted by Crippen LogP contribution is -2.28. The van der Waals surface area contributed by atoms with Crippen molar-refractivity contribution in [3.05, 3.63) is 70.7 Å². The van der Waals surface area contributed by atoms with Gasteiger partial charge in [-0.15, -0.1) is 0 Å². The van der Waals surface area contributed by atoms with Crippen LogP contribution in [0.3, 0.4) is 0 Å². The van der Waals surface area contributed by atoms with Gasteiger partial charge < -0.3 is 10.1 Å². The quantitative estimate of drug-likeness (QED) is 0.656. The highest BCUT2D eigenvalue weighted by Crippen LogP contribution is 2.39. The lowest BCUT2D eigenvalue weighted by Gasteiger charge is -2.23. The maximum absolute atomic E-state index is 14.3. The first-order chi connectivity index (χ1) is 14.3. The number of aryl methyl sites for hydroxylation is 1. The van der Waals surface area contributed by atoms with Gasteiger partial charge in [-0.25, -0.2) is 17.9 Å². The Bertz CT molecular complexity index is 1190. The van der Waals surface area contributed by atoms with Gasteiger partial charge in [0.05, 0.1) is 18.7 Å². The van der Waals surface area contributed by atoms with Crippen molar-refractivity contribution in [3.63, 3.8) is 0 Å². The molecule has 2 aromatic carbocycles. The van der Waals surface area contributed by atoms with E-state index in [1.807, 2.05) is 0 Å². The molecule has 1 atom stereocenters. The summed E-state index contributed by atoms with van der Waals surface area (Å²) in [6.07, 6.45) is -0.169. The van der Waals surface area contributed by atoms with Gasteiger partial charge >= 0.3 is 0 Å². The maximum atomic E-state index is 14.3. The molecule has 0 saturated heterocycles. The fraction of sp³-hybridized carbons (Fsp3) is 0.190. The summed E-state index contributed by atoms with van der Waals surface area (Å²) in [4.78, 5) is 25.4. The third-order valence-electron chi connectivity index (χ3n) is 4.99. The summed E-state index contributed by atoms with van der Waals surface area (Å²) in [6, 6.07) is 6.74. The van der Waals surface area contributed by atoms with Crippen molar-refractivity contribution < 1.29 is 27.5 Å². The lowest BCUT2D eigenvalue weighted by atomic mass is 9.85. The second-order valence-corrected chi connectivity index (χ2v) is 6.87. The van der Waals surface area contributed by atoms with Crippen LogP contribution in [-0.2, 0) is 4.79 Å². The Labute approximate surface area is 169 Å². The van der Waals surface area contributed by atoms with Crippen molar-refractivity contribution in [2.75, 3.05) is 12.4 Å². The van der Waals surface area contributed by atoms with E-state index in [-0.39, 0.29) is 29.2 Å². The number of methoxy groups -OCH3 is 1. The molecule has 1 aliphatic rings. The van der Waals surface area contributed by atoms with E-state index in [2.05, 4.69) is 10.4 Å². The molecule has 1 unspecified atom stereocenters. The minimum Gasteiger partial charge on any atom is -0.494 e. The van der Waals surface area contributed by atoms with Crippen molar-refractivity contribution in [1.82, 2.24) is 9.78 Å². The summed E-state index contributed by atoms with van der Waals surface area (Å²) in [6.45, 7) is 1.61. The number of fused-ring (bicyclic) bond motifs is 1. The first-order valence-corrected chi connectivity index (χ1v) is 9.02. The standard InChI is InChI=1S/C21H16F3N3O3/c1-10-19-13(20(29)11-3-6-17(30-2)15(24)7-11)9-18(28)25-21(19)27(26-10)16-5-4-12(22)8-14(16)23/h3-8,13H,9H2,1-2H3,(H,25,28). The Morgan fingerprint density at radius 1 is 1.17 bits per heavy atom. The summed E-state index contributed by atoms with van der Waals surface area (Å²) in [7, 11) is 1.31. The van der Waals surface area contributed by atoms with Crippen LogP contribution >= 0.6 is 0 Å². The molecule has 154 valence electrons. The van der Waals surface area contributed by atoms with E-state index in [9.17, 15) is 22.8 Å². The van der Waals surface area contributed by atoms with E-state index in [1.165, 1.54) is 25.3 Å². The molecule has 4 rings (SSSR count). The highest BCUT2D eigenvalue weighted by molar-refractivity contribution is 6.08. The molecule has 6 nitrogen and oxygen atoms in total. The second-order valence-electron chi connectivity index (χ2n) is 6.87. The van der Waals surface area contributed by atoms with Gasteiger partial charge in [0.15, 0.2) is 23.2 Å². The van der Waals surface area contributed by atoms with Crippen LogP contribution in [0.5, 0.6) is 5.75 Å². The highest BCUT2D eigenvalue weighted by atomic mass is 19.1. The second kappa shape index (κ2) is 7.33. The summed E-state index contributed by atoms with van der Waals surface area (Å²) >= 11 is 0. The van der Waals surface area contributed by atoms with Gasteiger partial charge in [0.1, 0.15) is 17.3 Å². The highest BCUT2D eigenvalue weighted by Gasteiger charge is 2.37. The molecular formula is C21H16F3N3O3. The van der Waals surface area contributed by atoms with E-state index in [1.54, 1.807) is 6.92 Å². The third-order valence-corrected chi connectivity index (χ3v) is 4.99. The number of rotatable bonds is 4. The number of anilines is 1. The number of ether oxygens (including phenoxy) is 1. The number of nitrogens with one attached hydrogen (secondary N) is 1. The molecule has 0 radical (unpaired) electrons. The first kappa shape index (κ1) is 19.7. The monoisotopic (exact) mass is 415 g/mol. The van der Waals surface area contributed by atoms with Gasteiger partial charge in [0.25, 0.3) is 0 Å².